The Kier molecular flexibility index (Phi) is 3.70. The number of fused-ring (bicyclic) bond motifs is 1. The molecule has 26 heavy (non-hydrogen) atoms. The van der Waals surface area contributed by atoms with Gasteiger partial charge in [-0.2, -0.15) is 0 Å². The fourth-order valence-electron chi connectivity index (χ4n) is 3.86. The van der Waals surface area contributed by atoms with Crippen LogP contribution in [0.5, 0.6) is 0 Å². The maximum absolute atomic E-state index is 14.2. The summed E-state index contributed by atoms with van der Waals surface area (Å²) in [6.07, 6.45) is 10.7. The number of benzene rings is 2. The number of halogens is 1. The summed E-state index contributed by atoms with van der Waals surface area (Å²) in [5.74, 6) is 0.295. The van der Waals surface area contributed by atoms with E-state index in [4.69, 9.17) is 0 Å². The highest BCUT2D eigenvalue weighted by Crippen LogP contribution is 2.43. The Bertz CT molecular complexity index is 1010. The molecule has 0 radical (unpaired) electrons. The van der Waals surface area contributed by atoms with Crippen molar-refractivity contribution in [1.82, 2.24) is 4.98 Å². The molecule has 1 saturated carbocycles. The summed E-state index contributed by atoms with van der Waals surface area (Å²) >= 11 is 0. The summed E-state index contributed by atoms with van der Waals surface area (Å²) in [5, 5.41) is 0. The lowest BCUT2D eigenvalue weighted by atomic mass is 9.91. The maximum atomic E-state index is 14.2. The zero-order chi connectivity index (χ0) is 17.5. The Labute approximate surface area is 153 Å². The predicted molar refractivity (Wildman–Crippen MR) is 104 cm³/mol. The molecule has 2 aliphatic rings. The summed E-state index contributed by atoms with van der Waals surface area (Å²) in [7, 11) is 0. The third-order valence-electron chi connectivity index (χ3n) is 5.43. The Balaban J connectivity index is 1.62. The molecule has 1 fully saturated rings. The number of pyridine rings is 1. The van der Waals surface area contributed by atoms with Crippen molar-refractivity contribution in [2.24, 2.45) is 0 Å². The number of hydrogen-bond acceptors (Lipinski definition) is 1. The smallest absolute Gasteiger partial charge is 0.126 e. The molecule has 0 N–H and O–H groups in total. The van der Waals surface area contributed by atoms with Gasteiger partial charge in [-0.05, 0) is 84.2 Å². The first-order valence-electron chi connectivity index (χ1n) is 9.34. The largest absolute Gasteiger partial charge is 0.256 e. The third kappa shape index (κ3) is 2.76. The number of aryl methyl sites for hydroxylation is 1. The highest BCUT2D eigenvalue weighted by molar-refractivity contribution is 5.82. The standard InChI is InChI=1S/C24H20FN/c25-23-12-11-20(15-22(23)17-8-9-17)24-21(6-3-13-26-24)19-10-7-16-4-1-2-5-18(16)14-19/h2-3,5-7,10-15,17H,1,4,8-9H2. The summed E-state index contributed by atoms with van der Waals surface area (Å²) in [4.78, 5) is 4.65. The molecule has 0 atom stereocenters. The third-order valence-corrected chi connectivity index (χ3v) is 5.43. The predicted octanol–water partition coefficient (Wildman–Crippen LogP) is 6.39. The molecular formula is C24H20FN. The van der Waals surface area contributed by atoms with E-state index in [-0.39, 0.29) is 5.82 Å². The van der Waals surface area contributed by atoms with Crippen LogP contribution < -0.4 is 0 Å². The van der Waals surface area contributed by atoms with Crippen LogP contribution in [0.15, 0.2) is 60.8 Å². The molecule has 2 heteroatoms. The van der Waals surface area contributed by atoms with Gasteiger partial charge in [0.1, 0.15) is 5.82 Å². The van der Waals surface area contributed by atoms with E-state index in [9.17, 15) is 4.39 Å². The molecular weight excluding hydrogens is 321 g/mol. The van der Waals surface area contributed by atoms with Gasteiger partial charge in [0.2, 0.25) is 0 Å². The van der Waals surface area contributed by atoms with Gasteiger partial charge in [0.15, 0.2) is 0 Å². The van der Waals surface area contributed by atoms with E-state index < -0.39 is 0 Å². The van der Waals surface area contributed by atoms with E-state index in [1.165, 1.54) is 11.1 Å². The van der Waals surface area contributed by atoms with Gasteiger partial charge in [0.25, 0.3) is 0 Å². The number of nitrogens with zero attached hydrogens (tertiary/aromatic N) is 1. The maximum Gasteiger partial charge on any atom is 0.126 e. The Morgan fingerprint density at radius 1 is 0.962 bits per heavy atom. The molecule has 0 saturated heterocycles. The van der Waals surface area contributed by atoms with Gasteiger partial charge >= 0.3 is 0 Å². The van der Waals surface area contributed by atoms with Crippen LogP contribution in [0, 0.1) is 5.82 Å². The molecule has 2 aliphatic carbocycles. The first kappa shape index (κ1) is 15.5. The lowest BCUT2D eigenvalue weighted by Gasteiger charge is -2.14. The lowest BCUT2D eigenvalue weighted by molar-refractivity contribution is 0.611. The molecule has 128 valence electrons. The van der Waals surface area contributed by atoms with Gasteiger partial charge in [-0.15, -0.1) is 0 Å². The Hall–Kier alpha value is -2.74. The second-order valence-electron chi connectivity index (χ2n) is 7.26. The quantitative estimate of drug-likeness (QED) is 0.538. The van der Waals surface area contributed by atoms with E-state index >= 15 is 0 Å². The van der Waals surface area contributed by atoms with Crippen molar-refractivity contribution in [2.75, 3.05) is 0 Å². The van der Waals surface area contributed by atoms with Crippen molar-refractivity contribution in [1.29, 1.82) is 0 Å². The van der Waals surface area contributed by atoms with Crippen molar-refractivity contribution < 1.29 is 4.39 Å². The second kappa shape index (κ2) is 6.21. The van der Waals surface area contributed by atoms with Crippen LogP contribution in [0.4, 0.5) is 4.39 Å². The number of allylic oxidation sites excluding steroid dienone is 1. The highest BCUT2D eigenvalue weighted by Gasteiger charge is 2.27. The van der Waals surface area contributed by atoms with Crippen LogP contribution in [0.3, 0.4) is 0 Å². The Morgan fingerprint density at radius 3 is 2.73 bits per heavy atom. The van der Waals surface area contributed by atoms with Crippen molar-refractivity contribution in [3.63, 3.8) is 0 Å². The molecule has 0 aliphatic heterocycles. The number of aromatic nitrogens is 1. The number of rotatable bonds is 3. The van der Waals surface area contributed by atoms with Crippen LogP contribution >= 0.6 is 0 Å². The molecule has 0 amide bonds. The van der Waals surface area contributed by atoms with Crippen LogP contribution in [0.25, 0.3) is 28.5 Å². The lowest BCUT2D eigenvalue weighted by Crippen LogP contribution is -1.96. The van der Waals surface area contributed by atoms with E-state index in [0.717, 1.165) is 53.6 Å². The zero-order valence-electron chi connectivity index (χ0n) is 14.6. The van der Waals surface area contributed by atoms with Gasteiger partial charge < -0.3 is 0 Å². The fraction of sp³-hybridized carbons (Fsp3) is 0.208. The van der Waals surface area contributed by atoms with Crippen molar-refractivity contribution >= 4 is 6.08 Å². The molecule has 1 heterocycles. The minimum atomic E-state index is -0.0901. The molecule has 2 aromatic carbocycles. The van der Waals surface area contributed by atoms with Crippen LogP contribution in [0.1, 0.15) is 41.9 Å². The van der Waals surface area contributed by atoms with Gasteiger partial charge in [0.05, 0.1) is 5.69 Å². The van der Waals surface area contributed by atoms with E-state index in [1.807, 2.05) is 24.4 Å². The van der Waals surface area contributed by atoms with Crippen molar-refractivity contribution in [2.45, 2.75) is 31.6 Å². The van der Waals surface area contributed by atoms with E-state index in [1.54, 1.807) is 6.07 Å². The molecule has 0 spiro atoms. The first-order valence-corrected chi connectivity index (χ1v) is 9.34. The average molecular weight is 341 g/mol. The molecule has 3 aromatic rings. The van der Waals surface area contributed by atoms with Crippen molar-refractivity contribution in [3.05, 3.63) is 83.3 Å². The molecule has 5 rings (SSSR count). The monoisotopic (exact) mass is 341 g/mol. The SMILES string of the molecule is Fc1ccc(-c2ncccc2-c2ccc3c(c2)C=CCC3)cc1C1CC1. The van der Waals surface area contributed by atoms with Gasteiger partial charge in [-0.1, -0.05) is 30.4 Å². The molecule has 0 bridgehead atoms. The summed E-state index contributed by atoms with van der Waals surface area (Å²) < 4.78 is 14.2. The minimum absolute atomic E-state index is 0.0901. The van der Waals surface area contributed by atoms with Crippen LogP contribution in [-0.4, -0.2) is 4.98 Å². The summed E-state index contributed by atoms with van der Waals surface area (Å²) in [6, 6.07) is 16.2. The van der Waals surface area contributed by atoms with E-state index in [0.29, 0.717) is 5.92 Å². The fourth-order valence-corrected chi connectivity index (χ4v) is 3.86. The highest BCUT2D eigenvalue weighted by atomic mass is 19.1. The van der Waals surface area contributed by atoms with Crippen LogP contribution in [-0.2, 0) is 6.42 Å². The molecule has 0 unspecified atom stereocenters. The topological polar surface area (TPSA) is 12.9 Å². The minimum Gasteiger partial charge on any atom is -0.256 e. The van der Waals surface area contributed by atoms with Gasteiger partial charge in [-0.25, -0.2) is 4.39 Å². The molecule has 1 aromatic heterocycles. The second-order valence-corrected chi connectivity index (χ2v) is 7.26. The van der Waals surface area contributed by atoms with Gasteiger partial charge in [-0.3, -0.25) is 4.98 Å². The number of hydrogen-bond donors (Lipinski definition) is 0. The van der Waals surface area contributed by atoms with Gasteiger partial charge in [0, 0.05) is 17.3 Å². The van der Waals surface area contributed by atoms with Crippen LogP contribution in [0.2, 0.25) is 0 Å². The zero-order valence-corrected chi connectivity index (χ0v) is 14.6. The molecule has 1 nitrogen and oxygen atoms in total. The normalized spacial score (nSPS) is 15.7. The first-order chi connectivity index (χ1) is 12.8. The van der Waals surface area contributed by atoms with Crippen molar-refractivity contribution in [3.8, 4) is 22.4 Å². The van der Waals surface area contributed by atoms with E-state index in [2.05, 4.69) is 41.4 Å². The summed E-state index contributed by atoms with van der Waals surface area (Å²) in [6.45, 7) is 0. The average Bonchev–Trinajstić information content (AvgIpc) is 3.53. The summed E-state index contributed by atoms with van der Waals surface area (Å²) in [5.41, 5.74) is 7.72. The Morgan fingerprint density at radius 2 is 1.85 bits per heavy atom.